The third kappa shape index (κ3) is 4.70. The Morgan fingerprint density at radius 1 is 1.06 bits per heavy atom. The number of hydrogen-bond donors (Lipinski definition) is 1. The third-order valence-electron chi connectivity index (χ3n) is 5.27. The highest BCUT2D eigenvalue weighted by Gasteiger charge is 2.15. The minimum Gasteiger partial charge on any atom is -0.478 e. The van der Waals surface area contributed by atoms with E-state index in [0.29, 0.717) is 23.6 Å². The quantitative estimate of drug-likeness (QED) is 0.449. The molecule has 0 saturated heterocycles. The molecule has 34 heavy (non-hydrogen) atoms. The number of fused-ring (bicyclic) bond motifs is 1. The molecule has 0 fully saturated rings. The molecule has 3 aromatic heterocycles. The Balaban J connectivity index is 1.60. The van der Waals surface area contributed by atoms with E-state index >= 15 is 0 Å². The zero-order chi connectivity index (χ0) is 24.2. The molecule has 174 valence electrons. The maximum atomic E-state index is 13.2. The Labute approximate surface area is 193 Å². The van der Waals surface area contributed by atoms with E-state index in [4.69, 9.17) is 4.74 Å². The van der Waals surface area contributed by atoms with E-state index in [1.165, 1.54) is 48.1 Å². The topological polar surface area (TPSA) is 108 Å². The lowest BCUT2D eigenvalue weighted by Crippen LogP contribution is -2.39. The molecule has 9 nitrogen and oxygen atoms in total. The predicted molar refractivity (Wildman–Crippen MR) is 123 cm³/mol. The van der Waals surface area contributed by atoms with Crippen molar-refractivity contribution < 1.29 is 13.9 Å². The lowest BCUT2D eigenvalue weighted by atomic mass is 10.2. The molecule has 4 aromatic rings. The smallest absolute Gasteiger partial charge is 0.331 e. The van der Waals surface area contributed by atoms with Gasteiger partial charge in [0.05, 0.1) is 30.3 Å². The van der Waals surface area contributed by atoms with Gasteiger partial charge in [-0.2, -0.15) is 0 Å². The van der Waals surface area contributed by atoms with Crippen LogP contribution in [0.4, 0.5) is 4.39 Å². The van der Waals surface area contributed by atoms with Crippen molar-refractivity contribution in [2.45, 2.75) is 20.0 Å². The second-order valence-electron chi connectivity index (χ2n) is 7.57. The van der Waals surface area contributed by atoms with Gasteiger partial charge in [0.2, 0.25) is 5.88 Å². The van der Waals surface area contributed by atoms with Crippen LogP contribution in [-0.2, 0) is 20.1 Å². The molecule has 0 aliphatic rings. The van der Waals surface area contributed by atoms with Crippen molar-refractivity contribution in [2.24, 2.45) is 7.05 Å². The molecule has 0 saturated carbocycles. The van der Waals surface area contributed by atoms with Crippen molar-refractivity contribution in [3.8, 4) is 5.88 Å². The summed E-state index contributed by atoms with van der Waals surface area (Å²) in [6.07, 6.45) is 2.93. The monoisotopic (exact) mass is 463 g/mol. The molecule has 10 heteroatoms. The molecule has 0 bridgehead atoms. The largest absolute Gasteiger partial charge is 0.478 e. The van der Waals surface area contributed by atoms with E-state index in [0.717, 1.165) is 10.1 Å². The number of aromatic nitrogens is 4. The van der Waals surface area contributed by atoms with E-state index in [9.17, 15) is 18.8 Å². The Hall–Kier alpha value is -4.34. The summed E-state index contributed by atoms with van der Waals surface area (Å²) in [4.78, 5) is 46.8. The first-order chi connectivity index (χ1) is 16.4. The van der Waals surface area contributed by atoms with Crippen molar-refractivity contribution in [1.29, 1.82) is 0 Å². The Bertz CT molecular complexity index is 1460. The minimum atomic E-state index is -0.561. The van der Waals surface area contributed by atoms with Gasteiger partial charge in [0.25, 0.3) is 11.5 Å². The van der Waals surface area contributed by atoms with Gasteiger partial charge in [-0.3, -0.25) is 18.7 Å². The standard InChI is InChI=1S/C24H22FN5O4/c1-3-34-21-9-6-16(11-27-21)12-28-22(31)19-10-18-20(13-26-19)29(2)24(33)30(23(18)32)14-15-4-7-17(25)8-5-15/h4-11,13H,3,12,14H2,1-2H3,(H,28,31). The number of hydrogen-bond acceptors (Lipinski definition) is 6. The summed E-state index contributed by atoms with van der Waals surface area (Å²) < 4.78 is 20.8. The van der Waals surface area contributed by atoms with Crippen LogP contribution in [0, 0.1) is 5.82 Å². The fraction of sp³-hybridized carbons (Fsp3) is 0.208. The van der Waals surface area contributed by atoms with E-state index in [2.05, 4.69) is 15.3 Å². The summed E-state index contributed by atoms with van der Waals surface area (Å²) in [5.74, 6) is -0.393. The molecule has 0 atom stereocenters. The number of pyridine rings is 2. The first kappa shape index (κ1) is 22.8. The zero-order valence-electron chi connectivity index (χ0n) is 18.6. The first-order valence-electron chi connectivity index (χ1n) is 10.6. The zero-order valence-corrected chi connectivity index (χ0v) is 18.6. The lowest BCUT2D eigenvalue weighted by molar-refractivity contribution is 0.0946. The molecule has 1 N–H and O–H groups in total. The van der Waals surface area contributed by atoms with Gasteiger partial charge in [-0.05, 0) is 36.2 Å². The van der Waals surface area contributed by atoms with Gasteiger partial charge in [0, 0.05) is 25.9 Å². The molecule has 1 amide bonds. The summed E-state index contributed by atoms with van der Waals surface area (Å²) >= 11 is 0. The van der Waals surface area contributed by atoms with Gasteiger partial charge in [0.1, 0.15) is 11.5 Å². The number of nitrogens with zero attached hydrogens (tertiary/aromatic N) is 4. The number of ether oxygens (including phenoxy) is 1. The average molecular weight is 463 g/mol. The second kappa shape index (κ2) is 9.65. The van der Waals surface area contributed by atoms with Crippen LogP contribution in [0.3, 0.4) is 0 Å². The highest BCUT2D eigenvalue weighted by molar-refractivity contribution is 5.95. The average Bonchev–Trinajstić information content (AvgIpc) is 2.85. The van der Waals surface area contributed by atoms with Crippen molar-refractivity contribution in [1.82, 2.24) is 24.4 Å². The van der Waals surface area contributed by atoms with Crippen molar-refractivity contribution in [3.05, 3.63) is 98.3 Å². The number of amides is 1. The van der Waals surface area contributed by atoms with Crippen LogP contribution in [0.1, 0.15) is 28.5 Å². The van der Waals surface area contributed by atoms with Crippen molar-refractivity contribution in [2.75, 3.05) is 6.61 Å². The van der Waals surface area contributed by atoms with Crippen LogP contribution < -0.4 is 21.3 Å². The van der Waals surface area contributed by atoms with Crippen LogP contribution >= 0.6 is 0 Å². The van der Waals surface area contributed by atoms with Gasteiger partial charge in [-0.1, -0.05) is 18.2 Å². The van der Waals surface area contributed by atoms with E-state index in [1.807, 2.05) is 6.92 Å². The Morgan fingerprint density at radius 3 is 2.47 bits per heavy atom. The van der Waals surface area contributed by atoms with Crippen LogP contribution in [-0.4, -0.2) is 31.6 Å². The Kier molecular flexibility index (Phi) is 6.48. The maximum Gasteiger partial charge on any atom is 0.331 e. The van der Waals surface area contributed by atoms with Crippen LogP contribution in [0.25, 0.3) is 10.9 Å². The normalized spacial score (nSPS) is 10.9. The fourth-order valence-electron chi connectivity index (χ4n) is 3.46. The molecule has 0 radical (unpaired) electrons. The number of carbonyl (C=O) groups is 1. The molecular formula is C24H22FN5O4. The maximum absolute atomic E-state index is 13.2. The highest BCUT2D eigenvalue weighted by Crippen LogP contribution is 2.11. The fourth-order valence-corrected chi connectivity index (χ4v) is 3.46. The summed E-state index contributed by atoms with van der Waals surface area (Å²) in [6.45, 7) is 2.55. The van der Waals surface area contributed by atoms with Crippen LogP contribution in [0.2, 0.25) is 0 Å². The van der Waals surface area contributed by atoms with Crippen LogP contribution in [0.5, 0.6) is 5.88 Å². The van der Waals surface area contributed by atoms with Gasteiger partial charge in [-0.15, -0.1) is 0 Å². The summed E-state index contributed by atoms with van der Waals surface area (Å²) in [6, 6.07) is 10.4. The number of benzene rings is 1. The summed E-state index contributed by atoms with van der Waals surface area (Å²) in [5, 5.41) is 2.91. The molecular weight excluding hydrogens is 441 g/mol. The number of rotatable bonds is 7. The molecule has 0 unspecified atom stereocenters. The van der Waals surface area contributed by atoms with Crippen LogP contribution in [0.15, 0.2) is 64.4 Å². The third-order valence-corrected chi connectivity index (χ3v) is 5.27. The Morgan fingerprint density at radius 2 is 1.79 bits per heavy atom. The van der Waals surface area contributed by atoms with Gasteiger partial charge >= 0.3 is 5.69 Å². The van der Waals surface area contributed by atoms with Crippen molar-refractivity contribution >= 4 is 16.8 Å². The number of carbonyl (C=O) groups excluding carboxylic acids is 1. The van der Waals surface area contributed by atoms with E-state index < -0.39 is 23.0 Å². The lowest BCUT2D eigenvalue weighted by Gasteiger charge is -2.12. The highest BCUT2D eigenvalue weighted by atomic mass is 19.1. The SMILES string of the molecule is CCOc1ccc(CNC(=O)c2cc3c(=O)n(Cc4ccc(F)cc4)c(=O)n(C)c3cn2)cn1. The molecule has 0 spiro atoms. The van der Waals surface area contributed by atoms with Crippen molar-refractivity contribution in [3.63, 3.8) is 0 Å². The number of halogens is 1. The molecule has 1 aromatic carbocycles. The van der Waals surface area contributed by atoms with E-state index in [1.54, 1.807) is 18.3 Å². The molecule has 3 heterocycles. The summed E-state index contributed by atoms with van der Waals surface area (Å²) in [7, 11) is 1.52. The van der Waals surface area contributed by atoms with E-state index in [-0.39, 0.29) is 24.2 Å². The molecule has 4 rings (SSSR count). The first-order valence-corrected chi connectivity index (χ1v) is 10.6. The van der Waals surface area contributed by atoms with Gasteiger partial charge in [0.15, 0.2) is 0 Å². The van der Waals surface area contributed by atoms with Gasteiger partial charge < -0.3 is 10.1 Å². The predicted octanol–water partition coefficient (Wildman–Crippen LogP) is 2.01. The second-order valence-corrected chi connectivity index (χ2v) is 7.57. The molecule has 0 aliphatic heterocycles. The number of nitrogens with one attached hydrogen (secondary N) is 1. The summed E-state index contributed by atoms with van der Waals surface area (Å²) in [5.41, 5.74) is 0.601. The van der Waals surface area contributed by atoms with Gasteiger partial charge in [-0.25, -0.2) is 19.2 Å². The minimum absolute atomic E-state index is 0.0314. The molecule has 0 aliphatic carbocycles. The number of aryl methyl sites for hydroxylation is 1.